The number of carbonyl (C=O) groups excluding carboxylic acids is 1. The lowest BCUT2D eigenvalue weighted by Crippen LogP contribution is -2.23. The number of rotatable bonds is 4. The molecule has 2 nitrogen and oxygen atoms in total. The molecule has 0 aliphatic heterocycles. The highest BCUT2D eigenvalue weighted by molar-refractivity contribution is 7.18. The summed E-state index contributed by atoms with van der Waals surface area (Å²) in [5.74, 6) is -0.177. The number of Topliss-reactive ketones (excluding diaryl/α,β-unsaturated/α-hetero) is 1. The summed E-state index contributed by atoms with van der Waals surface area (Å²) in [6.07, 6.45) is -0.685. The predicted molar refractivity (Wildman–Crippen MR) is 74.9 cm³/mol. The highest BCUT2D eigenvalue weighted by Crippen LogP contribution is 2.25. The van der Waals surface area contributed by atoms with Crippen molar-refractivity contribution in [3.8, 4) is 5.75 Å². The highest BCUT2D eigenvalue weighted by Gasteiger charge is 2.19. The van der Waals surface area contributed by atoms with Crippen LogP contribution in [0.25, 0.3) is 0 Å². The first-order valence-electron chi connectivity index (χ1n) is 5.69. The number of aryl methyl sites for hydroxylation is 1. The van der Waals surface area contributed by atoms with Gasteiger partial charge in [-0.05, 0) is 37.6 Å². The summed E-state index contributed by atoms with van der Waals surface area (Å²) in [7, 11) is 0. The van der Waals surface area contributed by atoms with E-state index in [4.69, 9.17) is 16.3 Å². The summed E-state index contributed by atoms with van der Waals surface area (Å²) in [6, 6.07) is 7.57. The standard InChI is InChI=1S/C14H12ClFO2S/c1-8-3-4-10(16)7-11(8)18-9(2)14(17)12-5-6-13(15)19-12/h3-7,9H,1-2H3. The summed E-state index contributed by atoms with van der Waals surface area (Å²) in [4.78, 5) is 12.6. The minimum absolute atomic E-state index is 0.166. The molecule has 0 N–H and O–H groups in total. The molecule has 1 unspecified atom stereocenters. The number of carbonyl (C=O) groups is 1. The summed E-state index contributed by atoms with van der Waals surface area (Å²) in [5.41, 5.74) is 0.783. The number of ether oxygens (including phenoxy) is 1. The number of ketones is 1. The van der Waals surface area contributed by atoms with E-state index in [0.717, 1.165) is 5.56 Å². The Kier molecular flexibility index (Phi) is 4.22. The molecule has 0 saturated heterocycles. The summed E-state index contributed by atoms with van der Waals surface area (Å²) >= 11 is 7.00. The Bertz CT molecular complexity index is 609. The molecular weight excluding hydrogens is 287 g/mol. The van der Waals surface area contributed by atoms with Gasteiger partial charge in [0.2, 0.25) is 5.78 Å². The fourth-order valence-electron chi connectivity index (χ4n) is 1.59. The van der Waals surface area contributed by atoms with Crippen molar-refractivity contribution in [3.63, 3.8) is 0 Å². The molecule has 2 rings (SSSR count). The van der Waals surface area contributed by atoms with Crippen LogP contribution in [0.3, 0.4) is 0 Å². The zero-order chi connectivity index (χ0) is 14.0. The molecule has 0 aliphatic rings. The second-order valence-corrected chi connectivity index (χ2v) is 5.85. The average molecular weight is 299 g/mol. The van der Waals surface area contributed by atoms with E-state index >= 15 is 0 Å². The first kappa shape index (κ1) is 14.0. The van der Waals surface area contributed by atoms with E-state index in [1.165, 1.54) is 23.5 Å². The van der Waals surface area contributed by atoms with Gasteiger partial charge in [0, 0.05) is 6.07 Å². The van der Waals surface area contributed by atoms with Gasteiger partial charge >= 0.3 is 0 Å². The molecule has 0 spiro atoms. The van der Waals surface area contributed by atoms with Crippen LogP contribution in [0.15, 0.2) is 30.3 Å². The second kappa shape index (κ2) is 5.72. The summed E-state index contributed by atoms with van der Waals surface area (Å²) in [5, 5.41) is 0. The van der Waals surface area contributed by atoms with Crippen LogP contribution < -0.4 is 4.74 Å². The van der Waals surface area contributed by atoms with Gasteiger partial charge in [-0.1, -0.05) is 17.7 Å². The van der Waals surface area contributed by atoms with E-state index < -0.39 is 6.10 Å². The third kappa shape index (κ3) is 3.33. The van der Waals surface area contributed by atoms with E-state index in [1.54, 1.807) is 32.0 Å². The van der Waals surface area contributed by atoms with Gasteiger partial charge < -0.3 is 4.74 Å². The van der Waals surface area contributed by atoms with E-state index in [2.05, 4.69) is 0 Å². The lowest BCUT2D eigenvalue weighted by molar-refractivity contribution is 0.0821. The van der Waals surface area contributed by atoms with Gasteiger partial charge in [0.1, 0.15) is 11.6 Å². The molecule has 100 valence electrons. The molecule has 0 saturated carbocycles. The number of hydrogen-bond donors (Lipinski definition) is 0. The van der Waals surface area contributed by atoms with Crippen LogP contribution in [0, 0.1) is 12.7 Å². The van der Waals surface area contributed by atoms with Crippen molar-refractivity contribution in [2.45, 2.75) is 20.0 Å². The van der Waals surface area contributed by atoms with Gasteiger partial charge in [0.15, 0.2) is 6.10 Å². The number of thiophene rings is 1. The molecule has 1 atom stereocenters. The van der Waals surface area contributed by atoms with Crippen molar-refractivity contribution < 1.29 is 13.9 Å². The molecule has 2 aromatic rings. The molecular formula is C14H12ClFO2S. The summed E-state index contributed by atoms with van der Waals surface area (Å²) < 4.78 is 19.2. The minimum atomic E-state index is -0.685. The minimum Gasteiger partial charge on any atom is -0.482 e. The molecule has 19 heavy (non-hydrogen) atoms. The third-order valence-electron chi connectivity index (χ3n) is 2.64. The maximum Gasteiger partial charge on any atom is 0.212 e. The van der Waals surface area contributed by atoms with Crippen molar-refractivity contribution in [3.05, 3.63) is 50.9 Å². The van der Waals surface area contributed by atoms with Crippen molar-refractivity contribution >= 4 is 28.7 Å². The Morgan fingerprint density at radius 1 is 1.37 bits per heavy atom. The van der Waals surface area contributed by atoms with E-state index in [9.17, 15) is 9.18 Å². The number of hydrogen-bond acceptors (Lipinski definition) is 3. The largest absolute Gasteiger partial charge is 0.482 e. The SMILES string of the molecule is Cc1ccc(F)cc1OC(C)C(=O)c1ccc(Cl)s1. The van der Waals surface area contributed by atoms with Crippen molar-refractivity contribution in [1.82, 2.24) is 0 Å². The van der Waals surface area contributed by atoms with Crippen LogP contribution in [0.1, 0.15) is 22.2 Å². The van der Waals surface area contributed by atoms with Crippen LogP contribution >= 0.6 is 22.9 Å². The van der Waals surface area contributed by atoms with Crippen LogP contribution in [0.2, 0.25) is 4.34 Å². The highest BCUT2D eigenvalue weighted by atomic mass is 35.5. The molecule has 0 aliphatic carbocycles. The Morgan fingerprint density at radius 3 is 2.74 bits per heavy atom. The average Bonchev–Trinajstić information content (AvgIpc) is 2.79. The van der Waals surface area contributed by atoms with Crippen LogP contribution in [-0.4, -0.2) is 11.9 Å². The van der Waals surface area contributed by atoms with E-state index in [1.807, 2.05) is 0 Å². The smallest absolute Gasteiger partial charge is 0.212 e. The first-order valence-corrected chi connectivity index (χ1v) is 6.89. The zero-order valence-corrected chi connectivity index (χ0v) is 12.0. The van der Waals surface area contributed by atoms with Crippen LogP contribution in [0.4, 0.5) is 4.39 Å². The van der Waals surface area contributed by atoms with Crippen molar-refractivity contribution in [2.75, 3.05) is 0 Å². The fourth-order valence-corrected chi connectivity index (χ4v) is 2.65. The molecule has 5 heteroatoms. The number of benzene rings is 1. The summed E-state index contributed by atoms with van der Waals surface area (Å²) in [6.45, 7) is 3.44. The van der Waals surface area contributed by atoms with Gasteiger partial charge in [-0.3, -0.25) is 4.79 Å². The lowest BCUT2D eigenvalue weighted by atomic mass is 10.2. The maximum atomic E-state index is 13.1. The molecule has 0 fully saturated rings. The Balaban J connectivity index is 2.14. The molecule has 0 bridgehead atoms. The first-order chi connectivity index (χ1) is 8.97. The molecule has 0 radical (unpaired) electrons. The van der Waals surface area contributed by atoms with Gasteiger partial charge in [-0.25, -0.2) is 4.39 Å². The predicted octanol–water partition coefficient (Wildman–Crippen LogP) is 4.50. The van der Waals surface area contributed by atoms with Gasteiger partial charge in [-0.15, -0.1) is 11.3 Å². The maximum absolute atomic E-state index is 13.1. The fraction of sp³-hybridized carbons (Fsp3) is 0.214. The molecule has 0 amide bonds. The Hall–Kier alpha value is -1.39. The van der Waals surface area contributed by atoms with Crippen molar-refractivity contribution in [1.29, 1.82) is 0 Å². The molecule has 1 aromatic heterocycles. The molecule has 1 heterocycles. The van der Waals surface area contributed by atoms with E-state index in [-0.39, 0.29) is 11.6 Å². The zero-order valence-electron chi connectivity index (χ0n) is 10.4. The monoisotopic (exact) mass is 298 g/mol. The van der Waals surface area contributed by atoms with Crippen LogP contribution in [-0.2, 0) is 0 Å². The second-order valence-electron chi connectivity index (χ2n) is 4.14. The quantitative estimate of drug-likeness (QED) is 0.777. The lowest BCUT2D eigenvalue weighted by Gasteiger charge is -2.14. The van der Waals surface area contributed by atoms with Gasteiger partial charge in [0.05, 0.1) is 9.21 Å². The topological polar surface area (TPSA) is 26.3 Å². The third-order valence-corrected chi connectivity index (χ3v) is 3.88. The van der Waals surface area contributed by atoms with Crippen molar-refractivity contribution in [2.24, 2.45) is 0 Å². The van der Waals surface area contributed by atoms with E-state index in [0.29, 0.717) is 15.0 Å². The van der Waals surface area contributed by atoms with Gasteiger partial charge in [0.25, 0.3) is 0 Å². The molecule has 1 aromatic carbocycles. The van der Waals surface area contributed by atoms with Crippen LogP contribution in [0.5, 0.6) is 5.75 Å². The Morgan fingerprint density at radius 2 is 2.11 bits per heavy atom. The normalized spacial score (nSPS) is 12.2. The van der Waals surface area contributed by atoms with Gasteiger partial charge in [-0.2, -0.15) is 0 Å². The number of halogens is 2. The Labute approximate surface area is 119 Å².